The van der Waals surface area contributed by atoms with E-state index in [-0.39, 0.29) is 0 Å². The Morgan fingerprint density at radius 2 is 2.00 bits per heavy atom. The molecule has 5 nitrogen and oxygen atoms in total. The topological polar surface area (TPSA) is 62.9 Å². The van der Waals surface area contributed by atoms with Gasteiger partial charge in [-0.15, -0.1) is 0 Å². The van der Waals surface area contributed by atoms with Crippen LogP contribution in [0.25, 0.3) is 0 Å². The number of benzene rings is 1. The van der Waals surface area contributed by atoms with Crippen LogP contribution in [0.3, 0.4) is 0 Å². The Kier molecular flexibility index (Phi) is 8.28. The summed E-state index contributed by atoms with van der Waals surface area (Å²) in [6.45, 7) is 4.98. The van der Waals surface area contributed by atoms with Gasteiger partial charge in [-0.2, -0.15) is 0 Å². The Morgan fingerprint density at radius 3 is 2.62 bits per heavy atom. The summed E-state index contributed by atoms with van der Waals surface area (Å²) in [5.74, 6) is 0.511. The molecule has 0 aliphatic carbocycles. The van der Waals surface area contributed by atoms with Crippen LogP contribution in [0.2, 0.25) is 0 Å². The van der Waals surface area contributed by atoms with Crippen LogP contribution in [-0.4, -0.2) is 46.4 Å². The summed E-state index contributed by atoms with van der Waals surface area (Å²) >= 11 is 0. The normalized spacial score (nSPS) is 11.5. The van der Waals surface area contributed by atoms with Crippen molar-refractivity contribution in [3.8, 4) is 0 Å². The number of ether oxygens (including phenoxy) is 1. The molecular formula is C16H28N4O. The van der Waals surface area contributed by atoms with Crippen molar-refractivity contribution < 1.29 is 4.74 Å². The van der Waals surface area contributed by atoms with Crippen molar-refractivity contribution in [1.29, 1.82) is 0 Å². The zero-order valence-corrected chi connectivity index (χ0v) is 13.4. The Labute approximate surface area is 128 Å². The van der Waals surface area contributed by atoms with Crippen molar-refractivity contribution >= 4 is 11.6 Å². The molecule has 0 bridgehead atoms. The predicted octanol–water partition coefficient (Wildman–Crippen LogP) is 1.63. The van der Waals surface area contributed by atoms with E-state index in [1.165, 1.54) is 11.3 Å². The van der Waals surface area contributed by atoms with Crippen molar-refractivity contribution in [2.45, 2.75) is 19.8 Å². The lowest BCUT2D eigenvalue weighted by Gasteiger charge is -2.12. The smallest absolute Gasteiger partial charge is 0.188 e. The number of aliphatic imine (C=N–C) groups is 1. The van der Waals surface area contributed by atoms with E-state index in [1.54, 1.807) is 0 Å². The average Bonchev–Trinajstić information content (AvgIpc) is 2.47. The van der Waals surface area contributed by atoms with Crippen LogP contribution in [0.4, 0.5) is 5.69 Å². The van der Waals surface area contributed by atoms with E-state index in [0.717, 1.165) is 32.6 Å². The number of anilines is 1. The Balaban J connectivity index is 2.21. The molecule has 0 amide bonds. The average molecular weight is 292 g/mol. The van der Waals surface area contributed by atoms with Crippen molar-refractivity contribution in [3.05, 3.63) is 29.8 Å². The molecule has 5 heteroatoms. The third-order valence-electron chi connectivity index (χ3n) is 3.11. The van der Waals surface area contributed by atoms with Crippen molar-refractivity contribution in [1.82, 2.24) is 5.32 Å². The highest BCUT2D eigenvalue weighted by atomic mass is 16.5. The first-order valence-corrected chi connectivity index (χ1v) is 7.51. The first-order valence-electron chi connectivity index (χ1n) is 7.51. The van der Waals surface area contributed by atoms with Crippen molar-refractivity contribution in [2.75, 3.05) is 45.3 Å². The molecule has 0 saturated carbocycles. The van der Waals surface area contributed by atoms with Gasteiger partial charge in [0.25, 0.3) is 0 Å². The van der Waals surface area contributed by atoms with E-state index < -0.39 is 0 Å². The highest BCUT2D eigenvalue weighted by Gasteiger charge is 1.97. The second-order valence-electron chi connectivity index (χ2n) is 5.06. The minimum atomic E-state index is 0.511. The third-order valence-corrected chi connectivity index (χ3v) is 3.11. The van der Waals surface area contributed by atoms with Gasteiger partial charge in [0.2, 0.25) is 0 Å². The molecule has 0 fully saturated rings. The monoisotopic (exact) mass is 292 g/mol. The Morgan fingerprint density at radius 1 is 1.29 bits per heavy atom. The molecule has 1 aromatic carbocycles. The van der Waals surface area contributed by atoms with Crippen LogP contribution in [0.5, 0.6) is 0 Å². The number of guanidine groups is 1. The lowest BCUT2D eigenvalue weighted by Crippen LogP contribution is -2.33. The quantitative estimate of drug-likeness (QED) is 0.412. The van der Waals surface area contributed by atoms with E-state index in [4.69, 9.17) is 10.5 Å². The van der Waals surface area contributed by atoms with Crippen LogP contribution in [0.15, 0.2) is 29.3 Å². The third kappa shape index (κ3) is 7.56. The number of hydrogen-bond acceptors (Lipinski definition) is 3. The van der Waals surface area contributed by atoms with E-state index in [2.05, 4.69) is 39.5 Å². The Hall–Kier alpha value is -1.75. The summed E-state index contributed by atoms with van der Waals surface area (Å²) in [4.78, 5) is 6.35. The second kappa shape index (κ2) is 10.0. The van der Waals surface area contributed by atoms with Crippen LogP contribution < -0.4 is 16.0 Å². The predicted molar refractivity (Wildman–Crippen MR) is 90.1 cm³/mol. The standard InChI is InChI=1S/C16H28N4O/c1-4-21-13-5-11-18-16(17)19-12-10-14-6-8-15(9-7-14)20(2)3/h6-9H,4-5,10-13H2,1-3H3,(H3,17,18,19). The number of nitrogens with two attached hydrogens (primary N) is 1. The van der Waals surface area contributed by atoms with Crippen LogP contribution in [-0.2, 0) is 11.2 Å². The molecule has 0 spiro atoms. The molecule has 0 heterocycles. The van der Waals surface area contributed by atoms with E-state index in [9.17, 15) is 0 Å². The maximum absolute atomic E-state index is 5.81. The van der Waals surface area contributed by atoms with E-state index >= 15 is 0 Å². The van der Waals surface area contributed by atoms with Crippen molar-refractivity contribution in [2.24, 2.45) is 10.7 Å². The van der Waals surface area contributed by atoms with Gasteiger partial charge in [-0.1, -0.05) is 12.1 Å². The van der Waals surface area contributed by atoms with Gasteiger partial charge < -0.3 is 20.7 Å². The number of nitrogens with one attached hydrogen (secondary N) is 1. The molecule has 0 aliphatic rings. The largest absolute Gasteiger partial charge is 0.382 e. The van der Waals surface area contributed by atoms with Gasteiger partial charge in [0.05, 0.1) is 0 Å². The zero-order valence-electron chi connectivity index (χ0n) is 13.4. The highest BCUT2D eigenvalue weighted by Crippen LogP contribution is 2.12. The molecule has 21 heavy (non-hydrogen) atoms. The summed E-state index contributed by atoms with van der Waals surface area (Å²) in [7, 11) is 4.08. The fourth-order valence-electron chi connectivity index (χ4n) is 1.86. The van der Waals surface area contributed by atoms with Crippen LogP contribution in [0, 0.1) is 0 Å². The van der Waals surface area contributed by atoms with Crippen LogP contribution in [0.1, 0.15) is 18.9 Å². The molecule has 3 N–H and O–H groups in total. The molecule has 0 aliphatic heterocycles. The van der Waals surface area contributed by atoms with Gasteiger partial charge in [-0.3, -0.25) is 4.99 Å². The van der Waals surface area contributed by atoms with Gasteiger partial charge in [0.1, 0.15) is 0 Å². The molecule has 0 atom stereocenters. The minimum Gasteiger partial charge on any atom is -0.382 e. The van der Waals surface area contributed by atoms with E-state index in [1.807, 2.05) is 21.0 Å². The molecule has 118 valence electrons. The van der Waals surface area contributed by atoms with Gasteiger partial charge in [0.15, 0.2) is 5.96 Å². The molecule has 0 saturated heterocycles. The first-order chi connectivity index (χ1) is 10.1. The van der Waals surface area contributed by atoms with Gasteiger partial charge in [-0.05, 0) is 37.5 Å². The molecule has 0 aromatic heterocycles. The maximum atomic E-state index is 5.81. The van der Waals surface area contributed by atoms with Gasteiger partial charge in [-0.25, -0.2) is 0 Å². The molecular weight excluding hydrogens is 264 g/mol. The summed E-state index contributed by atoms with van der Waals surface area (Å²) in [5.41, 5.74) is 8.31. The zero-order chi connectivity index (χ0) is 15.5. The van der Waals surface area contributed by atoms with Gasteiger partial charge in [0, 0.05) is 46.1 Å². The SMILES string of the molecule is CCOCCCN=C(N)NCCc1ccc(N(C)C)cc1. The summed E-state index contributed by atoms with van der Waals surface area (Å²) < 4.78 is 5.25. The van der Waals surface area contributed by atoms with Gasteiger partial charge >= 0.3 is 0 Å². The van der Waals surface area contributed by atoms with Crippen LogP contribution >= 0.6 is 0 Å². The number of rotatable bonds is 9. The highest BCUT2D eigenvalue weighted by molar-refractivity contribution is 5.77. The minimum absolute atomic E-state index is 0.511. The fraction of sp³-hybridized carbons (Fsp3) is 0.562. The summed E-state index contributed by atoms with van der Waals surface area (Å²) in [5, 5.41) is 3.14. The molecule has 1 rings (SSSR count). The molecule has 1 aromatic rings. The summed E-state index contributed by atoms with van der Waals surface area (Å²) in [6.07, 6.45) is 1.84. The second-order valence-corrected chi connectivity index (χ2v) is 5.06. The lowest BCUT2D eigenvalue weighted by atomic mass is 10.1. The maximum Gasteiger partial charge on any atom is 0.188 e. The van der Waals surface area contributed by atoms with Crippen molar-refractivity contribution in [3.63, 3.8) is 0 Å². The molecule has 0 unspecified atom stereocenters. The van der Waals surface area contributed by atoms with E-state index in [0.29, 0.717) is 12.5 Å². The Bertz CT molecular complexity index is 415. The lowest BCUT2D eigenvalue weighted by molar-refractivity contribution is 0.146. The first kappa shape index (κ1) is 17.3. The number of hydrogen-bond donors (Lipinski definition) is 2. The molecule has 0 radical (unpaired) electrons. The number of nitrogens with zero attached hydrogens (tertiary/aromatic N) is 2. The fourth-order valence-corrected chi connectivity index (χ4v) is 1.86. The summed E-state index contributed by atoms with van der Waals surface area (Å²) in [6, 6.07) is 8.54.